The maximum Gasteiger partial charge on any atom is 0.419 e. The van der Waals surface area contributed by atoms with Crippen LogP contribution in [0.25, 0.3) is 0 Å². The number of carbonyl (C=O) groups is 1. The zero-order valence-corrected chi connectivity index (χ0v) is 16.3. The number of hydrogen-bond acceptors (Lipinski definition) is 11. The molecule has 0 aromatic rings. The largest absolute Gasteiger partial charge is 0.419 e. The van der Waals surface area contributed by atoms with Gasteiger partial charge >= 0.3 is 10.4 Å². The average Bonchev–Trinajstić information content (AvgIpc) is 2.57. The lowest BCUT2D eigenvalue weighted by molar-refractivity contribution is -0.207. The summed E-state index contributed by atoms with van der Waals surface area (Å²) in [6.07, 6.45) is -3.35. The summed E-state index contributed by atoms with van der Waals surface area (Å²) in [7, 11) is -5.03. The van der Waals surface area contributed by atoms with E-state index in [0.29, 0.717) is 12.8 Å². The van der Waals surface area contributed by atoms with E-state index in [1.54, 1.807) is 11.8 Å². The third-order valence-electron chi connectivity index (χ3n) is 3.40. The topological polar surface area (TPSA) is 174 Å². The number of thioether (sulfide) groups is 1. The van der Waals surface area contributed by atoms with Crippen LogP contribution < -0.4 is 0 Å². The number of rotatable bonds is 10. The van der Waals surface area contributed by atoms with Crippen molar-refractivity contribution in [1.82, 2.24) is 4.47 Å². The van der Waals surface area contributed by atoms with Crippen LogP contribution in [0, 0.1) is 0 Å². The fourth-order valence-corrected chi connectivity index (χ4v) is 4.06. The van der Waals surface area contributed by atoms with Gasteiger partial charge in [-0.1, -0.05) is 0 Å². The molecule has 0 aliphatic carbocycles. The third kappa shape index (κ3) is 7.46. The van der Waals surface area contributed by atoms with Gasteiger partial charge in [0.05, 0.1) is 6.61 Å². The quantitative estimate of drug-likeness (QED) is 0.116. The molecule has 11 nitrogen and oxygen atoms in total. The molecule has 5 atom stereocenters. The first-order chi connectivity index (χ1) is 12.1. The lowest BCUT2D eigenvalue weighted by Crippen LogP contribution is -2.58. The van der Waals surface area contributed by atoms with Crippen LogP contribution in [0.2, 0.25) is 0 Å². The van der Waals surface area contributed by atoms with Crippen LogP contribution in [-0.4, -0.2) is 92.2 Å². The molecule has 0 saturated carbocycles. The van der Waals surface area contributed by atoms with E-state index >= 15 is 0 Å². The smallest absolute Gasteiger partial charge is 0.394 e. The molecular weight excluding hydrogens is 414 g/mol. The highest BCUT2D eigenvalue weighted by Gasteiger charge is 2.45. The number of hydrogen-bond donors (Lipinski definition) is 5. The van der Waals surface area contributed by atoms with Gasteiger partial charge in [-0.3, -0.25) is 9.35 Å². The molecule has 14 heteroatoms. The summed E-state index contributed by atoms with van der Waals surface area (Å²) in [5.74, 6) is -0.0163. The van der Waals surface area contributed by atoms with Crippen molar-refractivity contribution in [2.45, 2.75) is 49.1 Å². The van der Waals surface area contributed by atoms with Gasteiger partial charge in [-0.25, -0.2) is 0 Å². The Hall–Kier alpha value is -0.160. The van der Waals surface area contributed by atoms with E-state index in [9.17, 15) is 28.5 Å². The summed E-state index contributed by atoms with van der Waals surface area (Å²) >= 11 is 1.84. The normalized spacial score (nSPS) is 29.5. The second-order valence-electron chi connectivity index (χ2n) is 5.41. The number of ether oxygens (including phenoxy) is 1. The van der Waals surface area contributed by atoms with Crippen molar-refractivity contribution in [2.24, 2.45) is 0 Å². The summed E-state index contributed by atoms with van der Waals surface area (Å²) in [5, 5.41) is 38.5. The molecule has 1 aliphatic heterocycles. The van der Waals surface area contributed by atoms with Gasteiger partial charge in [0.2, 0.25) is 0 Å². The van der Waals surface area contributed by atoms with E-state index in [-0.39, 0.29) is 22.8 Å². The maximum atomic E-state index is 12.2. The Bertz CT molecular complexity index is 545. The summed E-state index contributed by atoms with van der Waals surface area (Å²) in [6.45, 7) is -0.691. The van der Waals surface area contributed by atoms with Crippen molar-refractivity contribution in [3.8, 4) is 0 Å². The van der Waals surface area contributed by atoms with Gasteiger partial charge in [-0.05, 0) is 24.9 Å². The Kier molecular flexibility index (Phi) is 10.1. The Morgan fingerprint density at radius 3 is 2.38 bits per heavy atom. The molecule has 1 rings (SSSR count). The van der Waals surface area contributed by atoms with Crippen LogP contribution in [0.3, 0.4) is 0 Å². The fraction of sp³-hybridized carbons (Fsp3) is 0.917. The molecule has 0 radical (unpaired) electrons. The Morgan fingerprint density at radius 1 is 1.19 bits per heavy atom. The van der Waals surface area contributed by atoms with E-state index < -0.39 is 52.8 Å². The summed E-state index contributed by atoms with van der Waals surface area (Å²) in [4.78, 5) is 12.2. The first-order valence-electron chi connectivity index (χ1n) is 7.57. The summed E-state index contributed by atoms with van der Waals surface area (Å²) in [6, 6.07) is 0. The number of aliphatic hydroxyl groups excluding tert-OH is 4. The number of amides is 1. The van der Waals surface area contributed by atoms with Crippen LogP contribution in [0.15, 0.2) is 0 Å². The number of hydroxylamine groups is 1. The van der Waals surface area contributed by atoms with Gasteiger partial charge in [-0.2, -0.15) is 20.2 Å². The molecule has 1 aliphatic rings. The minimum absolute atomic E-state index is 0.0967. The minimum Gasteiger partial charge on any atom is -0.394 e. The molecule has 1 amide bonds. The zero-order chi connectivity index (χ0) is 19.9. The van der Waals surface area contributed by atoms with Crippen LogP contribution in [0.4, 0.5) is 0 Å². The first kappa shape index (κ1) is 23.9. The molecule has 154 valence electrons. The van der Waals surface area contributed by atoms with Gasteiger partial charge in [0.25, 0.3) is 5.91 Å². The highest BCUT2D eigenvalue weighted by Crippen LogP contribution is 2.31. The van der Waals surface area contributed by atoms with Crippen LogP contribution in [0.5, 0.6) is 0 Å². The van der Waals surface area contributed by atoms with E-state index in [1.807, 2.05) is 6.26 Å². The lowest BCUT2D eigenvalue weighted by atomic mass is 10.0. The van der Waals surface area contributed by atoms with Crippen molar-refractivity contribution in [3.05, 3.63) is 0 Å². The summed E-state index contributed by atoms with van der Waals surface area (Å²) in [5.41, 5.74) is -1.44. The third-order valence-corrected chi connectivity index (χ3v) is 5.60. The number of aliphatic hydroxyl groups is 4. The predicted octanol–water partition coefficient (Wildman–Crippen LogP) is -1.47. The van der Waals surface area contributed by atoms with Gasteiger partial charge < -0.3 is 25.2 Å². The number of nitrogens with zero attached hydrogens (tertiary/aromatic N) is 1. The maximum absolute atomic E-state index is 12.2. The molecule has 5 N–H and O–H groups in total. The molecule has 0 bridgehead atoms. The van der Waals surface area contributed by atoms with Crippen molar-refractivity contribution in [1.29, 1.82) is 0 Å². The molecule has 0 aromatic heterocycles. The molecule has 1 saturated heterocycles. The highest BCUT2D eigenvalue weighted by molar-refractivity contribution is 7.98. The standard InChI is InChI=1S/C12H23NO10S3/c1-24-5-3-2-4-8(15)13(23-26(19,20)21)25-12-11(18)10(17)9(16)7(6-14)22-12/h7,9-12,14,16-18H,2-6H2,1H3,(H,19,20,21). The molecule has 5 unspecified atom stereocenters. The second-order valence-corrected chi connectivity index (χ2v) is 8.40. The zero-order valence-electron chi connectivity index (χ0n) is 13.9. The predicted molar refractivity (Wildman–Crippen MR) is 93.1 cm³/mol. The van der Waals surface area contributed by atoms with Gasteiger partial charge in [0.1, 0.15) is 24.4 Å². The van der Waals surface area contributed by atoms with E-state index in [2.05, 4.69) is 4.28 Å². The molecule has 1 heterocycles. The Morgan fingerprint density at radius 2 is 1.85 bits per heavy atom. The SMILES string of the molecule is CSCCCCC(=O)N(OS(=O)(=O)O)SC1OC(CO)C(O)C(O)C1O. The molecule has 0 spiro atoms. The average molecular weight is 438 g/mol. The first-order valence-corrected chi connectivity index (χ1v) is 11.2. The molecule has 0 aromatic carbocycles. The summed E-state index contributed by atoms with van der Waals surface area (Å²) < 4.78 is 40.4. The molecule has 1 fully saturated rings. The molecular formula is C12H23NO10S3. The van der Waals surface area contributed by atoms with Crippen LogP contribution in [0.1, 0.15) is 19.3 Å². The van der Waals surface area contributed by atoms with Crippen molar-refractivity contribution >= 4 is 40.0 Å². The van der Waals surface area contributed by atoms with Crippen molar-refractivity contribution in [3.63, 3.8) is 0 Å². The van der Waals surface area contributed by atoms with E-state index in [0.717, 1.165) is 5.75 Å². The Balaban J connectivity index is 2.82. The lowest BCUT2D eigenvalue weighted by Gasteiger charge is -2.40. The van der Waals surface area contributed by atoms with Crippen LogP contribution >= 0.6 is 23.7 Å². The van der Waals surface area contributed by atoms with Gasteiger partial charge in [0, 0.05) is 18.4 Å². The highest BCUT2D eigenvalue weighted by atomic mass is 32.3. The molecule has 26 heavy (non-hydrogen) atoms. The van der Waals surface area contributed by atoms with Crippen molar-refractivity contribution < 1.29 is 47.2 Å². The van der Waals surface area contributed by atoms with E-state index in [4.69, 9.17) is 14.4 Å². The fourth-order valence-electron chi connectivity index (χ4n) is 2.07. The van der Waals surface area contributed by atoms with Crippen molar-refractivity contribution in [2.75, 3.05) is 18.6 Å². The second kappa shape index (κ2) is 11.0. The van der Waals surface area contributed by atoms with Gasteiger partial charge in [0.15, 0.2) is 5.44 Å². The Labute approximate surface area is 159 Å². The van der Waals surface area contributed by atoms with Crippen LogP contribution in [-0.2, 0) is 24.2 Å². The number of carbonyl (C=O) groups excluding carboxylic acids is 1. The number of unbranched alkanes of at least 4 members (excludes halogenated alkanes) is 1. The van der Waals surface area contributed by atoms with E-state index in [1.165, 1.54) is 0 Å². The van der Waals surface area contributed by atoms with Gasteiger partial charge in [-0.15, -0.1) is 8.75 Å². The minimum atomic E-state index is -5.03. The monoisotopic (exact) mass is 437 g/mol.